The van der Waals surface area contributed by atoms with E-state index < -0.39 is 7.75 Å². The normalized spacial score (nSPS) is 14.4. The van der Waals surface area contributed by atoms with Gasteiger partial charge in [-0.15, -0.1) is 4.76 Å². The zero-order valence-electron chi connectivity index (χ0n) is 23.2. The van der Waals surface area contributed by atoms with Crippen molar-refractivity contribution in [3.05, 3.63) is 109 Å². The minimum absolute atomic E-state index is 0.133. The van der Waals surface area contributed by atoms with Gasteiger partial charge in [-0.05, 0) is 66.9 Å². The highest BCUT2D eigenvalue weighted by atomic mass is 31.2. The molecular weight excluding hydrogens is 515 g/mol. The molecule has 5 nitrogen and oxygen atoms in total. The van der Waals surface area contributed by atoms with E-state index in [1.807, 2.05) is 66.7 Å². The van der Waals surface area contributed by atoms with Crippen molar-refractivity contribution in [1.29, 1.82) is 0 Å². The zero-order chi connectivity index (χ0) is 27.9. The lowest BCUT2D eigenvalue weighted by atomic mass is 9.92. The summed E-state index contributed by atoms with van der Waals surface area (Å²) in [7, 11) is -4.06. The van der Waals surface area contributed by atoms with E-state index in [0.717, 1.165) is 38.2 Å². The van der Waals surface area contributed by atoms with E-state index in [2.05, 4.69) is 69.0 Å². The van der Waals surface area contributed by atoms with Crippen LogP contribution in [0.15, 0.2) is 108 Å². The standard InChI is InChI=1S/C34H33N2O3P/c1-23(2)36(24(3)4)32(22-25-12-6-5-7-13-25)35-40(37)38-30-20-18-26-14-8-10-16-28(26)33(30)34-29-17-11-9-15-27(29)19-21-31(34)39-40/h5-21,23-24H,22H2,1-4H3/b35-32+. The molecule has 0 unspecified atom stereocenters. The van der Waals surface area contributed by atoms with Crippen LogP contribution in [0.25, 0.3) is 32.7 Å². The molecule has 0 aromatic heterocycles. The number of rotatable bonds is 5. The van der Waals surface area contributed by atoms with E-state index in [-0.39, 0.29) is 12.1 Å². The Kier molecular flexibility index (Phi) is 6.85. The number of amidine groups is 1. The lowest BCUT2D eigenvalue weighted by Crippen LogP contribution is -2.43. The summed E-state index contributed by atoms with van der Waals surface area (Å²) in [5.41, 5.74) is 2.81. The van der Waals surface area contributed by atoms with Gasteiger partial charge < -0.3 is 13.9 Å². The van der Waals surface area contributed by atoms with Crippen molar-refractivity contribution in [2.45, 2.75) is 46.2 Å². The molecule has 0 saturated heterocycles. The van der Waals surface area contributed by atoms with E-state index in [9.17, 15) is 4.57 Å². The molecule has 0 aliphatic carbocycles. The van der Waals surface area contributed by atoms with Crippen molar-refractivity contribution < 1.29 is 13.6 Å². The average molecular weight is 549 g/mol. The van der Waals surface area contributed by atoms with E-state index >= 15 is 0 Å². The molecule has 1 aliphatic rings. The summed E-state index contributed by atoms with van der Waals surface area (Å²) >= 11 is 0. The van der Waals surface area contributed by atoms with Gasteiger partial charge >= 0.3 is 7.75 Å². The zero-order valence-corrected chi connectivity index (χ0v) is 24.1. The molecule has 202 valence electrons. The smallest absolute Gasteiger partial charge is 0.398 e. The molecule has 6 heteroatoms. The number of fused-ring (bicyclic) bond motifs is 7. The second-order valence-electron chi connectivity index (χ2n) is 10.7. The molecule has 5 aromatic carbocycles. The van der Waals surface area contributed by atoms with Crippen LogP contribution in [-0.2, 0) is 11.0 Å². The molecule has 1 aliphatic heterocycles. The van der Waals surface area contributed by atoms with Crippen molar-refractivity contribution in [1.82, 2.24) is 4.90 Å². The molecule has 6 rings (SSSR count). The van der Waals surface area contributed by atoms with Crippen molar-refractivity contribution in [2.24, 2.45) is 4.76 Å². The number of benzene rings is 5. The summed E-state index contributed by atoms with van der Waals surface area (Å²) < 4.78 is 32.4. The largest absolute Gasteiger partial charge is 0.565 e. The molecule has 0 radical (unpaired) electrons. The molecule has 0 amide bonds. The van der Waals surface area contributed by atoms with Crippen LogP contribution in [0.5, 0.6) is 11.5 Å². The monoisotopic (exact) mass is 548 g/mol. The van der Waals surface area contributed by atoms with Crippen LogP contribution >= 0.6 is 7.75 Å². The molecule has 0 bridgehead atoms. The lowest BCUT2D eigenvalue weighted by molar-refractivity contribution is 0.287. The fourth-order valence-corrected chi connectivity index (χ4v) is 7.15. The predicted octanol–water partition coefficient (Wildman–Crippen LogP) is 9.30. The Balaban J connectivity index is 1.60. The molecule has 0 fully saturated rings. The average Bonchev–Trinajstić information content (AvgIpc) is 3.06. The van der Waals surface area contributed by atoms with Crippen molar-refractivity contribution in [2.75, 3.05) is 0 Å². The summed E-state index contributed by atoms with van der Waals surface area (Å²) in [6.45, 7) is 8.48. The fraction of sp³-hybridized carbons (Fsp3) is 0.206. The van der Waals surface area contributed by atoms with Gasteiger partial charge in [0.15, 0.2) is 0 Å². The molecule has 0 atom stereocenters. The Hall–Kier alpha value is -4.08. The maximum absolute atomic E-state index is 14.7. The highest BCUT2D eigenvalue weighted by molar-refractivity contribution is 7.53. The summed E-state index contributed by atoms with van der Waals surface area (Å²) in [6.07, 6.45) is 0.503. The first-order chi connectivity index (χ1) is 19.3. The van der Waals surface area contributed by atoms with E-state index in [4.69, 9.17) is 13.8 Å². The molecule has 0 spiro atoms. The first-order valence-electron chi connectivity index (χ1n) is 13.8. The Bertz CT molecular complexity index is 1680. The van der Waals surface area contributed by atoms with Gasteiger partial charge in [0, 0.05) is 29.6 Å². The molecule has 1 heterocycles. The fourth-order valence-electron chi connectivity index (χ4n) is 5.77. The van der Waals surface area contributed by atoms with E-state index in [1.165, 1.54) is 0 Å². The first kappa shape index (κ1) is 26.2. The third-order valence-corrected chi connectivity index (χ3v) is 8.64. The lowest BCUT2D eigenvalue weighted by Gasteiger charge is -2.34. The molecule has 0 N–H and O–H groups in total. The van der Waals surface area contributed by atoms with E-state index in [0.29, 0.717) is 23.8 Å². The third kappa shape index (κ3) is 4.87. The second-order valence-corrected chi connectivity index (χ2v) is 12.2. The Morgan fingerprint density at radius 1 is 0.675 bits per heavy atom. The van der Waals surface area contributed by atoms with Gasteiger partial charge in [0.1, 0.15) is 17.3 Å². The number of nitrogens with zero attached hydrogens (tertiary/aromatic N) is 2. The highest BCUT2D eigenvalue weighted by Gasteiger charge is 2.37. The maximum atomic E-state index is 14.7. The van der Waals surface area contributed by atoms with Gasteiger partial charge in [0.2, 0.25) is 0 Å². The summed E-state index contributed by atoms with van der Waals surface area (Å²) in [5, 5.41) is 4.15. The Labute approximate surface area is 235 Å². The van der Waals surface area contributed by atoms with E-state index in [1.54, 1.807) is 0 Å². The predicted molar refractivity (Wildman–Crippen MR) is 165 cm³/mol. The summed E-state index contributed by atoms with van der Waals surface area (Å²) in [6, 6.07) is 34.5. The van der Waals surface area contributed by atoms with Crippen LogP contribution in [0.4, 0.5) is 0 Å². The van der Waals surface area contributed by atoms with Crippen LogP contribution in [-0.4, -0.2) is 22.8 Å². The van der Waals surface area contributed by atoms with Gasteiger partial charge in [0.05, 0.1) is 0 Å². The van der Waals surface area contributed by atoms with Gasteiger partial charge in [0.25, 0.3) is 0 Å². The molecule has 0 saturated carbocycles. The van der Waals surface area contributed by atoms with Crippen molar-refractivity contribution in [3.8, 4) is 22.6 Å². The first-order valence-corrected chi connectivity index (χ1v) is 15.3. The number of hydrogen-bond donors (Lipinski definition) is 0. The molecule has 5 aromatic rings. The minimum atomic E-state index is -4.06. The van der Waals surface area contributed by atoms with Gasteiger partial charge in [-0.3, -0.25) is 0 Å². The topological polar surface area (TPSA) is 51.1 Å². The number of hydrogen-bond acceptors (Lipinski definition) is 3. The molecule has 40 heavy (non-hydrogen) atoms. The quantitative estimate of drug-likeness (QED) is 0.125. The molecular formula is C34H33N2O3P. The second kappa shape index (κ2) is 10.5. The minimum Gasteiger partial charge on any atom is -0.398 e. The van der Waals surface area contributed by atoms with Crippen LogP contribution in [0.2, 0.25) is 0 Å². The SMILES string of the molecule is CC(C)N(/C(Cc1ccccc1)=N/P1(=O)Oc2ccc3ccccc3c2-c2c(ccc3ccccc23)O1)C(C)C. The van der Waals surface area contributed by atoms with Gasteiger partial charge in [-0.1, -0.05) is 91.0 Å². The highest BCUT2D eigenvalue weighted by Crippen LogP contribution is 2.59. The van der Waals surface area contributed by atoms with Crippen molar-refractivity contribution >= 4 is 35.1 Å². The summed E-state index contributed by atoms with van der Waals surface area (Å²) in [5.74, 6) is 1.67. The van der Waals surface area contributed by atoms with Crippen molar-refractivity contribution in [3.63, 3.8) is 0 Å². The van der Waals surface area contributed by atoms with Crippen LogP contribution < -0.4 is 9.05 Å². The third-order valence-electron chi connectivity index (χ3n) is 7.31. The van der Waals surface area contributed by atoms with Crippen LogP contribution in [0.1, 0.15) is 33.3 Å². The summed E-state index contributed by atoms with van der Waals surface area (Å²) in [4.78, 5) is 2.19. The Morgan fingerprint density at radius 2 is 1.15 bits per heavy atom. The van der Waals surface area contributed by atoms with Gasteiger partial charge in [-0.2, -0.15) is 0 Å². The Morgan fingerprint density at radius 3 is 1.65 bits per heavy atom. The van der Waals surface area contributed by atoms with Crippen LogP contribution in [0, 0.1) is 0 Å². The van der Waals surface area contributed by atoms with Gasteiger partial charge in [-0.25, -0.2) is 4.57 Å². The maximum Gasteiger partial charge on any atom is 0.565 e. The van der Waals surface area contributed by atoms with Crippen LogP contribution in [0.3, 0.4) is 0 Å².